The van der Waals surface area contributed by atoms with Crippen molar-refractivity contribution in [1.29, 1.82) is 0 Å². The van der Waals surface area contributed by atoms with E-state index in [1.807, 2.05) is 0 Å². The zero-order valence-electron chi connectivity index (χ0n) is 12.7. The Morgan fingerprint density at radius 3 is 2.59 bits per heavy atom. The molecule has 0 saturated carbocycles. The summed E-state index contributed by atoms with van der Waals surface area (Å²) in [4.78, 5) is 8.32. The summed E-state index contributed by atoms with van der Waals surface area (Å²) < 4.78 is 0. The molecular weight excluding hydrogens is 270 g/mol. The van der Waals surface area contributed by atoms with Gasteiger partial charge in [0, 0.05) is 30.8 Å². The van der Waals surface area contributed by atoms with Crippen LogP contribution in [0.4, 0.5) is 0 Å². The minimum absolute atomic E-state index is 0.864. The third kappa shape index (κ3) is 2.24. The second-order valence-electron chi connectivity index (χ2n) is 5.78. The van der Waals surface area contributed by atoms with Crippen molar-refractivity contribution in [2.75, 3.05) is 6.54 Å². The maximum Gasteiger partial charge on any atom is 0.138 e. The lowest BCUT2D eigenvalue weighted by Crippen LogP contribution is -2.23. The number of H-pyrrole nitrogens is 1. The van der Waals surface area contributed by atoms with Gasteiger partial charge in [-0.1, -0.05) is 48.5 Å². The molecule has 1 aliphatic heterocycles. The molecule has 22 heavy (non-hydrogen) atoms. The van der Waals surface area contributed by atoms with Gasteiger partial charge in [0.1, 0.15) is 5.82 Å². The molecule has 0 amide bonds. The lowest BCUT2D eigenvalue weighted by molar-refractivity contribution is 0.627. The Kier molecular flexibility index (Phi) is 3.28. The molecule has 0 aliphatic carbocycles. The molecule has 2 heterocycles. The first-order chi connectivity index (χ1) is 10.8. The van der Waals surface area contributed by atoms with Gasteiger partial charge < -0.3 is 10.3 Å². The summed E-state index contributed by atoms with van der Waals surface area (Å²) in [5, 5.41) is 3.38. The van der Waals surface area contributed by atoms with Crippen LogP contribution in [0.15, 0.2) is 48.5 Å². The number of nitrogens with one attached hydrogen (secondary N) is 2. The van der Waals surface area contributed by atoms with Crippen molar-refractivity contribution in [2.45, 2.75) is 19.9 Å². The van der Waals surface area contributed by atoms with Crippen molar-refractivity contribution >= 4 is 0 Å². The van der Waals surface area contributed by atoms with E-state index in [1.54, 1.807) is 0 Å². The van der Waals surface area contributed by atoms with Crippen molar-refractivity contribution in [1.82, 2.24) is 15.3 Å². The molecular formula is C19H19N3. The van der Waals surface area contributed by atoms with Crippen LogP contribution in [-0.2, 0) is 13.0 Å². The van der Waals surface area contributed by atoms with Crippen molar-refractivity contribution in [2.24, 2.45) is 0 Å². The molecule has 110 valence electrons. The molecule has 0 atom stereocenters. The standard InChI is InChI=1S/C19H19N3/c1-13-15(14-6-3-2-4-7-14)8-5-9-16(13)19-21-17-10-11-20-12-18(17)22-19/h2-9,20H,10-12H2,1H3,(H,21,22). The van der Waals surface area contributed by atoms with Crippen molar-refractivity contribution in [3.8, 4) is 22.5 Å². The van der Waals surface area contributed by atoms with E-state index in [9.17, 15) is 0 Å². The van der Waals surface area contributed by atoms with Crippen LogP contribution >= 0.6 is 0 Å². The maximum atomic E-state index is 4.80. The Labute approximate surface area is 130 Å². The fourth-order valence-electron chi connectivity index (χ4n) is 3.17. The first-order valence-corrected chi connectivity index (χ1v) is 7.77. The Balaban J connectivity index is 1.81. The first kappa shape index (κ1) is 13.3. The number of benzene rings is 2. The molecule has 3 aromatic rings. The molecule has 3 nitrogen and oxygen atoms in total. The van der Waals surface area contributed by atoms with Crippen LogP contribution in [0.1, 0.15) is 17.0 Å². The van der Waals surface area contributed by atoms with Gasteiger partial charge in [-0.2, -0.15) is 0 Å². The van der Waals surface area contributed by atoms with Crippen LogP contribution in [0.3, 0.4) is 0 Å². The van der Waals surface area contributed by atoms with Gasteiger partial charge in [-0.15, -0.1) is 0 Å². The second kappa shape index (κ2) is 5.43. The van der Waals surface area contributed by atoms with E-state index in [1.165, 1.54) is 27.9 Å². The highest BCUT2D eigenvalue weighted by molar-refractivity contribution is 5.75. The summed E-state index contributed by atoms with van der Waals surface area (Å²) in [6.07, 6.45) is 1.03. The van der Waals surface area contributed by atoms with Gasteiger partial charge in [-0.05, 0) is 23.6 Å². The Morgan fingerprint density at radius 1 is 0.955 bits per heavy atom. The largest absolute Gasteiger partial charge is 0.342 e. The maximum absolute atomic E-state index is 4.80. The molecule has 4 rings (SSSR count). The number of imidazole rings is 1. The van der Waals surface area contributed by atoms with Gasteiger partial charge in [0.2, 0.25) is 0 Å². The molecule has 3 heteroatoms. The molecule has 0 bridgehead atoms. The Bertz CT molecular complexity index is 779. The highest BCUT2D eigenvalue weighted by Gasteiger charge is 2.16. The lowest BCUT2D eigenvalue weighted by atomic mass is 9.96. The number of hydrogen-bond donors (Lipinski definition) is 2. The van der Waals surface area contributed by atoms with E-state index < -0.39 is 0 Å². The number of nitrogens with zero attached hydrogens (tertiary/aromatic N) is 1. The Morgan fingerprint density at radius 2 is 1.77 bits per heavy atom. The van der Waals surface area contributed by atoms with Gasteiger partial charge >= 0.3 is 0 Å². The van der Waals surface area contributed by atoms with Crippen LogP contribution in [-0.4, -0.2) is 16.5 Å². The number of hydrogen-bond acceptors (Lipinski definition) is 2. The van der Waals surface area contributed by atoms with Crippen LogP contribution in [0.5, 0.6) is 0 Å². The molecule has 0 saturated heterocycles. The average Bonchev–Trinajstić information content (AvgIpc) is 2.99. The smallest absolute Gasteiger partial charge is 0.138 e. The van der Waals surface area contributed by atoms with Gasteiger partial charge in [-0.3, -0.25) is 0 Å². The van der Waals surface area contributed by atoms with E-state index in [4.69, 9.17) is 4.98 Å². The van der Waals surface area contributed by atoms with E-state index in [-0.39, 0.29) is 0 Å². The molecule has 0 spiro atoms. The Hall–Kier alpha value is -2.39. The van der Waals surface area contributed by atoms with Crippen LogP contribution < -0.4 is 5.32 Å². The predicted octanol–water partition coefficient (Wildman–Crippen LogP) is 3.70. The summed E-state index contributed by atoms with van der Waals surface area (Å²) >= 11 is 0. The van der Waals surface area contributed by atoms with E-state index in [0.717, 1.165) is 31.0 Å². The topological polar surface area (TPSA) is 40.7 Å². The van der Waals surface area contributed by atoms with E-state index in [0.29, 0.717) is 0 Å². The van der Waals surface area contributed by atoms with E-state index in [2.05, 4.69) is 65.8 Å². The van der Waals surface area contributed by atoms with Crippen molar-refractivity contribution < 1.29 is 0 Å². The number of fused-ring (bicyclic) bond motifs is 1. The summed E-state index contributed by atoms with van der Waals surface area (Å²) in [5.41, 5.74) is 7.41. The summed E-state index contributed by atoms with van der Waals surface area (Å²) in [5.74, 6) is 0.990. The number of aromatic amines is 1. The van der Waals surface area contributed by atoms with Gasteiger partial charge in [0.25, 0.3) is 0 Å². The quantitative estimate of drug-likeness (QED) is 0.755. The average molecular weight is 289 g/mol. The number of rotatable bonds is 2. The van der Waals surface area contributed by atoms with Crippen molar-refractivity contribution in [3.63, 3.8) is 0 Å². The van der Waals surface area contributed by atoms with Crippen molar-refractivity contribution in [3.05, 3.63) is 65.5 Å². The summed E-state index contributed by atoms with van der Waals surface area (Å²) in [7, 11) is 0. The third-order valence-electron chi connectivity index (χ3n) is 4.38. The molecule has 0 fully saturated rings. The molecule has 0 unspecified atom stereocenters. The monoisotopic (exact) mass is 289 g/mol. The normalized spacial score (nSPS) is 13.9. The molecule has 1 aliphatic rings. The minimum Gasteiger partial charge on any atom is -0.342 e. The fraction of sp³-hybridized carbons (Fsp3) is 0.211. The first-order valence-electron chi connectivity index (χ1n) is 7.77. The molecule has 1 aromatic heterocycles. The predicted molar refractivity (Wildman–Crippen MR) is 89.6 cm³/mol. The van der Waals surface area contributed by atoms with Crippen LogP contribution in [0.2, 0.25) is 0 Å². The molecule has 2 N–H and O–H groups in total. The molecule has 2 aromatic carbocycles. The van der Waals surface area contributed by atoms with Gasteiger partial charge in [0.05, 0.1) is 5.69 Å². The van der Waals surface area contributed by atoms with E-state index >= 15 is 0 Å². The molecule has 0 radical (unpaired) electrons. The SMILES string of the molecule is Cc1c(-c2ccccc2)cccc1-c1nc2c([nH]1)CCNC2. The zero-order chi connectivity index (χ0) is 14.9. The van der Waals surface area contributed by atoms with Crippen LogP contribution in [0.25, 0.3) is 22.5 Å². The minimum atomic E-state index is 0.864. The number of aromatic nitrogens is 2. The summed E-state index contributed by atoms with van der Waals surface area (Å²) in [6.45, 7) is 4.07. The van der Waals surface area contributed by atoms with Gasteiger partial charge in [-0.25, -0.2) is 4.98 Å². The summed E-state index contributed by atoms with van der Waals surface area (Å²) in [6, 6.07) is 17.0. The van der Waals surface area contributed by atoms with Gasteiger partial charge in [0.15, 0.2) is 0 Å². The van der Waals surface area contributed by atoms with Crippen LogP contribution in [0, 0.1) is 6.92 Å². The highest BCUT2D eigenvalue weighted by atomic mass is 15.0. The fourth-order valence-corrected chi connectivity index (χ4v) is 3.17. The second-order valence-corrected chi connectivity index (χ2v) is 5.78. The highest BCUT2D eigenvalue weighted by Crippen LogP contribution is 2.31. The third-order valence-corrected chi connectivity index (χ3v) is 4.38. The lowest BCUT2D eigenvalue weighted by Gasteiger charge is -2.10. The zero-order valence-corrected chi connectivity index (χ0v) is 12.7.